The monoisotopic (exact) mass is 276 g/mol. The van der Waals surface area contributed by atoms with Crippen molar-refractivity contribution in [3.8, 4) is 0 Å². The van der Waals surface area contributed by atoms with Gasteiger partial charge in [0, 0.05) is 30.9 Å². The fourth-order valence-electron chi connectivity index (χ4n) is 2.81. The molecule has 2 nitrogen and oxygen atoms in total. The highest BCUT2D eigenvalue weighted by Crippen LogP contribution is 2.16. The number of anilines is 1. The van der Waals surface area contributed by atoms with Crippen molar-refractivity contribution in [2.75, 3.05) is 18.4 Å². The first-order valence-corrected chi connectivity index (χ1v) is 8.13. The Bertz CT molecular complexity index is 344. The minimum atomic E-state index is 0.558. The van der Waals surface area contributed by atoms with Gasteiger partial charge in [-0.2, -0.15) is 0 Å². The Balaban J connectivity index is 2.60. The van der Waals surface area contributed by atoms with Crippen molar-refractivity contribution in [3.05, 3.63) is 30.3 Å². The zero-order valence-electron chi connectivity index (χ0n) is 13.9. The second kappa shape index (κ2) is 9.02. The van der Waals surface area contributed by atoms with Crippen LogP contribution in [0.1, 0.15) is 47.5 Å². The Labute approximate surface area is 125 Å². The molecule has 1 rings (SSSR count). The Kier molecular flexibility index (Phi) is 7.68. The van der Waals surface area contributed by atoms with Crippen molar-refractivity contribution in [2.45, 2.75) is 59.5 Å². The quantitative estimate of drug-likeness (QED) is 0.707. The van der Waals surface area contributed by atoms with E-state index in [4.69, 9.17) is 0 Å². The molecule has 0 radical (unpaired) electrons. The summed E-state index contributed by atoms with van der Waals surface area (Å²) in [5.74, 6) is 0.717. The third kappa shape index (κ3) is 5.54. The first-order chi connectivity index (χ1) is 9.58. The highest BCUT2D eigenvalue weighted by atomic mass is 15.2. The minimum absolute atomic E-state index is 0.558. The Morgan fingerprint density at radius 1 is 1.00 bits per heavy atom. The van der Waals surface area contributed by atoms with Crippen molar-refractivity contribution in [1.82, 2.24) is 4.90 Å². The second-order valence-corrected chi connectivity index (χ2v) is 6.16. The Morgan fingerprint density at radius 3 is 2.10 bits per heavy atom. The van der Waals surface area contributed by atoms with E-state index in [9.17, 15) is 0 Å². The lowest BCUT2D eigenvalue weighted by Gasteiger charge is -2.37. The van der Waals surface area contributed by atoms with Gasteiger partial charge in [0.2, 0.25) is 0 Å². The molecule has 0 aliphatic carbocycles. The van der Waals surface area contributed by atoms with Crippen molar-refractivity contribution < 1.29 is 0 Å². The summed E-state index contributed by atoms with van der Waals surface area (Å²) < 4.78 is 0. The van der Waals surface area contributed by atoms with E-state index in [0.29, 0.717) is 12.1 Å². The molecular weight excluding hydrogens is 244 g/mol. The van der Waals surface area contributed by atoms with Gasteiger partial charge in [-0.15, -0.1) is 0 Å². The van der Waals surface area contributed by atoms with Crippen LogP contribution < -0.4 is 5.32 Å². The van der Waals surface area contributed by atoms with Crippen molar-refractivity contribution in [1.29, 1.82) is 0 Å². The van der Waals surface area contributed by atoms with Crippen molar-refractivity contribution >= 4 is 5.69 Å². The lowest BCUT2D eigenvalue weighted by molar-refractivity contribution is 0.124. The molecule has 0 spiro atoms. The molecule has 0 saturated carbocycles. The largest absolute Gasteiger partial charge is 0.383 e. The molecule has 0 heterocycles. The summed E-state index contributed by atoms with van der Waals surface area (Å²) in [5.41, 5.74) is 1.22. The SMILES string of the molecule is CCC(CC)N(CC(C)C)C(C)CNc1ccccc1. The number of benzene rings is 1. The molecule has 0 amide bonds. The average molecular weight is 276 g/mol. The van der Waals surface area contributed by atoms with Gasteiger partial charge in [0.25, 0.3) is 0 Å². The van der Waals surface area contributed by atoms with Crippen LogP contribution in [0.25, 0.3) is 0 Å². The molecule has 1 N–H and O–H groups in total. The van der Waals surface area contributed by atoms with E-state index in [-0.39, 0.29) is 0 Å². The van der Waals surface area contributed by atoms with Gasteiger partial charge in [-0.05, 0) is 37.8 Å². The summed E-state index contributed by atoms with van der Waals surface area (Å²) in [6.45, 7) is 13.8. The van der Waals surface area contributed by atoms with Gasteiger partial charge in [0.05, 0.1) is 0 Å². The van der Waals surface area contributed by atoms with Gasteiger partial charge in [0.1, 0.15) is 0 Å². The lowest BCUT2D eigenvalue weighted by atomic mass is 10.0. The normalized spacial score (nSPS) is 13.2. The molecular formula is C18H32N2. The lowest BCUT2D eigenvalue weighted by Crippen LogP contribution is -2.46. The maximum Gasteiger partial charge on any atom is 0.0340 e. The van der Waals surface area contributed by atoms with Gasteiger partial charge < -0.3 is 5.32 Å². The molecule has 0 aromatic heterocycles. The number of nitrogens with one attached hydrogen (secondary N) is 1. The third-order valence-corrected chi connectivity index (χ3v) is 3.93. The summed E-state index contributed by atoms with van der Waals surface area (Å²) in [5, 5.41) is 3.56. The van der Waals surface area contributed by atoms with E-state index < -0.39 is 0 Å². The molecule has 2 heteroatoms. The average Bonchev–Trinajstić information content (AvgIpc) is 2.45. The molecule has 1 unspecified atom stereocenters. The van der Waals surface area contributed by atoms with Crippen LogP contribution in [0.3, 0.4) is 0 Å². The van der Waals surface area contributed by atoms with Crippen molar-refractivity contribution in [3.63, 3.8) is 0 Å². The molecule has 1 aromatic carbocycles. The second-order valence-electron chi connectivity index (χ2n) is 6.16. The van der Waals surface area contributed by atoms with Crippen LogP contribution >= 0.6 is 0 Å². The number of hydrogen-bond acceptors (Lipinski definition) is 2. The third-order valence-electron chi connectivity index (χ3n) is 3.93. The molecule has 1 atom stereocenters. The topological polar surface area (TPSA) is 15.3 Å². The Morgan fingerprint density at radius 2 is 1.60 bits per heavy atom. The van der Waals surface area contributed by atoms with Gasteiger partial charge in [0.15, 0.2) is 0 Å². The number of para-hydroxylation sites is 1. The summed E-state index contributed by atoms with van der Waals surface area (Å²) in [6, 6.07) is 11.8. The van der Waals surface area contributed by atoms with Gasteiger partial charge >= 0.3 is 0 Å². The van der Waals surface area contributed by atoms with Crippen LogP contribution in [0.15, 0.2) is 30.3 Å². The van der Waals surface area contributed by atoms with E-state index in [1.807, 2.05) is 0 Å². The van der Waals surface area contributed by atoms with E-state index >= 15 is 0 Å². The van der Waals surface area contributed by atoms with Crippen LogP contribution in [-0.2, 0) is 0 Å². The summed E-state index contributed by atoms with van der Waals surface area (Å²) in [7, 11) is 0. The zero-order chi connectivity index (χ0) is 15.0. The predicted octanol–water partition coefficient (Wildman–Crippen LogP) is 4.63. The van der Waals surface area contributed by atoms with Crippen LogP contribution in [0.5, 0.6) is 0 Å². The highest BCUT2D eigenvalue weighted by Gasteiger charge is 2.21. The number of hydrogen-bond donors (Lipinski definition) is 1. The predicted molar refractivity (Wildman–Crippen MR) is 90.3 cm³/mol. The Hall–Kier alpha value is -1.02. The summed E-state index contributed by atoms with van der Waals surface area (Å²) >= 11 is 0. The zero-order valence-corrected chi connectivity index (χ0v) is 13.9. The molecule has 0 bridgehead atoms. The standard InChI is InChI=1S/C18H32N2/c1-6-18(7-2)20(14-15(3)4)16(5)13-19-17-11-9-8-10-12-17/h8-12,15-16,18-19H,6-7,13-14H2,1-5H3. The van der Waals surface area contributed by atoms with E-state index in [2.05, 4.69) is 75.2 Å². The molecule has 0 saturated heterocycles. The molecule has 0 aliphatic rings. The van der Waals surface area contributed by atoms with E-state index in [0.717, 1.165) is 12.5 Å². The molecule has 114 valence electrons. The molecule has 0 aliphatic heterocycles. The van der Waals surface area contributed by atoms with Gasteiger partial charge in [-0.25, -0.2) is 0 Å². The summed E-state index contributed by atoms with van der Waals surface area (Å²) in [6.07, 6.45) is 2.47. The molecule has 1 aromatic rings. The van der Waals surface area contributed by atoms with Crippen molar-refractivity contribution in [2.24, 2.45) is 5.92 Å². The molecule has 0 fully saturated rings. The fourth-order valence-corrected chi connectivity index (χ4v) is 2.81. The van der Waals surface area contributed by atoms with E-state index in [1.54, 1.807) is 0 Å². The molecule has 20 heavy (non-hydrogen) atoms. The first-order valence-electron chi connectivity index (χ1n) is 8.13. The highest BCUT2D eigenvalue weighted by molar-refractivity contribution is 5.42. The summed E-state index contributed by atoms with van der Waals surface area (Å²) in [4.78, 5) is 2.68. The number of nitrogens with zero attached hydrogens (tertiary/aromatic N) is 1. The van der Waals surface area contributed by atoms with E-state index in [1.165, 1.54) is 25.1 Å². The smallest absolute Gasteiger partial charge is 0.0340 e. The fraction of sp³-hybridized carbons (Fsp3) is 0.667. The van der Waals surface area contributed by atoms with Crippen LogP contribution in [0.4, 0.5) is 5.69 Å². The van der Waals surface area contributed by atoms with Gasteiger partial charge in [-0.1, -0.05) is 45.9 Å². The maximum absolute atomic E-state index is 3.56. The maximum atomic E-state index is 3.56. The van der Waals surface area contributed by atoms with Crippen LogP contribution in [0.2, 0.25) is 0 Å². The first kappa shape index (κ1) is 17.0. The minimum Gasteiger partial charge on any atom is -0.383 e. The van der Waals surface area contributed by atoms with Crippen LogP contribution in [0, 0.1) is 5.92 Å². The van der Waals surface area contributed by atoms with Gasteiger partial charge in [-0.3, -0.25) is 4.90 Å². The van der Waals surface area contributed by atoms with Crippen LogP contribution in [-0.4, -0.2) is 30.1 Å². The number of rotatable bonds is 9.